The van der Waals surface area contributed by atoms with Crippen LogP contribution in [0.1, 0.15) is 11.6 Å². The molecule has 1 fully saturated rings. The maximum atomic E-state index is 5.41. The minimum absolute atomic E-state index is 0.477. The molecule has 4 N–H and O–H groups in total. The Hall–Kier alpha value is -1.10. The average molecular weight is 238 g/mol. The van der Waals surface area contributed by atoms with Crippen molar-refractivity contribution in [2.24, 2.45) is 0 Å². The average Bonchev–Trinajstić information content (AvgIpc) is 2.42. The van der Waals surface area contributed by atoms with Crippen LogP contribution in [0.15, 0.2) is 24.3 Å². The second kappa shape index (κ2) is 6.00. The molecule has 1 heterocycles. The van der Waals surface area contributed by atoms with Crippen molar-refractivity contribution in [3.05, 3.63) is 29.8 Å². The molecule has 0 saturated carbocycles. The largest absolute Gasteiger partial charge is 0.497 e. The van der Waals surface area contributed by atoms with Crippen LogP contribution in [0, 0.1) is 0 Å². The molecule has 0 unspecified atom stereocenters. The Morgan fingerprint density at radius 3 is 2.47 bits per heavy atom. The maximum Gasteiger partial charge on any atom is 0.163 e. The molecule has 0 bridgehead atoms. The van der Waals surface area contributed by atoms with Crippen molar-refractivity contribution in [1.82, 2.24) is 0 Å². The monoisotopic (exact) mass is 238 g/mol. The van der Waals surface area contributed by atoms with E-state index < -0.39 is 0 Å². The number of hydrogen-bond acceptors (Lipinski definition) is 2. The number of quaternary nitrogens is 2. The molecule has 94 valence electrons. The van der Waals surface area contributed by atoms with Crippen LogP contribution in [-0.2, 0) is 4.74 Å². The van der Waals surface area contributed by atoms with Gasteiger partial charge in [-0.3, -0.25) is 0 Å². The van der Waals surface area contributed by atoms with Crippen LogP contribution in [-0.4, -0.2) is 40.0 Å². The van der Waals surface area contributed by atoms with Gasteiger partial charge in [0.15, 0.2) is 6.04 Å². The fourth-order valence-electron chi connectivity index (χ4n) is 2.42. The van der Waals surface area contributed by atoms with Crippen LogP contribution < -0.4 is 15.4 Å². The highest BCUT2D eigenvalue weighted by Gasteiger charge is 2.26. The minimum atomic E-state index is 0.477. The predicted molar refractivity (Wildman–Crippen MR) is 65.0 cm³/mol. The smallest absolute Gasteiger partial charge is 0.163 e. The molecule has 4 nitrogen and oxygen atoms in total. The molecular weight excluding hydrogens is 216 g/mol. The SMILES string of the molecule is COc1ccc([C@H](C[NH3+])[NH+]2CCOCC2)cc1. The van der Waals surface area contributed by atoms with Gasteiger partial charge in [-0.1, -0.05) is 0 Å². The topological polar surface area (TPSA) is 50.5 Å². The molecule has 0 aromatic heterocycles. The summed E-state index contributed by atoms with van der Waals surface area (Å²) in [5.74, 6) is 0.911. The molecule has 1 atom stereocenters. The molecule has 0 aliphatic carbocycles. The summed E-state index contributed by atoms with van der Waals surface area (Å²) < 4.78 is 10.6. The normalized spacial score (nSPS) is 18.9. The number of ether oxygens (including phenoxy) is 2. The van der Waals surface area contributed by atoms with E-state index in [2.05, 4.69) is 17.9 Å². The number of hydrogen-bond donors (Lipinski definition) is 2. The van der Waals surface area contributed by atoms with Crippen molar-refractivity contribution >= 4 is 0 Å². The predicted octanol–water partition coefficient (Wildman–Crippen LogP) is -1.11. The maximum absolute atomic E-state index is 5.41. The second-order valence-corrected chi connectivity index (χ2v) is 4.39. The molecule has 0 spiro atoms. The van der Waals surface area contributed by atoms with Crippen LogP contribution in [0.4, 0.5) is 0 Å². The zero-order chi connectivity index (χ0) is 12.1. The van der Waals surface area contributed by atoms with E-state index in [9.17, 15) is 0 Å². The number of morpholine rings is 1. The van der Waals surface area contributed by atoms with Crippen molar-refractivity contribution in [2.45, 2.75) is 6.04 Å². The molecule has 1 aliphatic heterocycles. The second-order valence-electron chi connectivity index (χ2n) is 4.39. The van der Waals surface area contributed by atoms with E-state index in [0.29, 0.717) is 6.04 Å². The highest BCUT2D eigenvalue weighted by molar-refractivity contribution is 5.28. The summed E-state index contributed by atoms with van der Waals surface area (Å²) in [4.78, 5) is 1.58. The van der Waals surface area contributed by atoms with E-state index >= 15 is 0 Å². The first-order valence-electron chi connectivity index (χ1n) is 6.20. The van der Waals surface area contributed by atoms with Gasteiger partial charge in [-0.2, -0.15) is 0 Å². The third kappa shape index (κ3) is 2.97. The first kappa shape index (κ1) is 12.4. The summed E-state index contributed by atoms with van der Waals surface area (Å²) in [5, 5.41) is 0. The Morgan fingerprint density at radius 2 is 1.94 bits per heavy atom. The molecule has 1 aromatic carbocycles. The summed E-state index contributed by atoms with van der Waals surface area (Å²) in [7, 11) is 1.70. The Balaban J connectivity index is 2.10. The summed E-state index contributed by atoms with van der Waals surface area (Å²) in [5.41, 5.74) is 5.43. The molecule has 1 saturated heterocycles. The lowest BCUT2D eigenvalue weighted by Crippen LogP contribution is -3.15. The highest BCUT2D eigenvalue weighted by Crippen LogP contribution is 2.15. The molecular formula is C13H22N2O2+2. The lowest BCUT2D eigenvalue weighted by Gasteiger charge is -2.29. The van der Waals surface area contributed by atoms with Crippen molar-refractivity contribution in [2.75, 3.05) is 40.0 Å². The zero-order valence-electron chi connectivity index (χ0n) is 10.4. The Labute approximate surface area is 102 Å². The summed E-state index contributed by atoms with van der Waals surface area (Å²) in [6.45, 7) is 4.80. The minimum Gasteiger partial charge on any atom is -0.497 e. The van der Waals surface area contributed by atoms with Gasteiger partial charge in [-0.05, 0) is 24.3 Å². The van der Waals surface area contributed by atoms with Gasteiger partial charge in [0.2, 0.25) is 0 Å². The lowest BCUT2D eigenvalue weighted by molar-refractivity contribution is -0.944. The number of rotatable bonds is 4. The Kier molecular flexibility index (Phi) is 4.36. The quantitative estimate of drug-likeness (QED) is 0.699. The molecule has 0 radical (unpaired) electrons. The van der Waals surface area contributed by atoms with E-state index in [1.807, 2.05) is 12.1 Å². The number of methoxy groups -OCH3 is 1. The van der Waals surface area contributed by atoms with Gasteiger partial charge in [-0.25, -0.2) is 0 Å². The van der Waals surface area contributed by atoms with Gasteiger partial charge in [-0.15, -0.1) is 0 Å². The molecule has 1 aliphatic rings. The molecule has 4 heteroatoms. The van der Waals surface area contributed by atoms with Gasteiger partial charge in [0.05, 0.1) is 20.3 Å². The van der Waals surface area contributed by atoms with Crippen LogP contribution in [0.2, 0.25) is 0 Å². The van der Waals surface area contributed by atoms with Crippen LogP contribution in [0.3, 0.4) is 0 Å². The van der Waals surface area contributed by atoms with Crippen molar-refractivity contribution in [1.29, 1.82) is 0 Å². The van der Waals surface area contributed by atoms with Gasteiger partial charge in [0, 0.05) is 5.56 Å². The van der Waals surface area contributed by atoms with E-state index in [1.165, 1.54) is 5.56 Å². The van der Waals surface area contributed by atoms with Crippen molar-refractivity contribution < 1.29 is 20.1 Å². The highest BCUT2D eigenvalue weighted by atomic mass is 16.5. The van der Waals surface area contributed by atoms with Crippen molar-refractivity contribution in [3.63, 3.8) is 0 Å². The number of benzene rings is 1. The van der Waals surface area contributed by atoms with Crippen molar-refractivity contribution in [3.8, 4) is 5.75 Å². The van der Waals surface area contributed by atoms with E-state index in [1.54, 1.807) is 12.0 Å². The fraction of sp³-hybridized carbons (Fsp3) is 0.538. The zero-order valence-corrected chi connectivity index (χ0v) is 10.4. The third-order valence-corrected chi connectivity index (χ3v) is 3.43. The molecule has 0 amide bonds. The summed E-state index contributed by atoms with van der Waals surface area (Å²) in [6.07, 6.45) is 0. The van der Waals surface area contributed by atoms with E-state index in [0.717, 1.165) is 38.6 Å². The first-order chi connectivity index (χ1) is 8.35. The standard InChI is InChI=1S/C13H20N2O2/c1-16-12-4-2-11(3-5-12)13(10-14)15-6-8-17-9-7-15/h2-5,13H,6-10,14H2,1H3/p+2/t13-/m0/s1. The van der Waals surface area contributed by atoms with Crippen LogP contribution in [0.5, 0.6) is 5.75 Å². The van der Waals surface area contributed by atoms with Gasteiger partial charge in [0.25, 0.3) is 0 Å². The Bertz CT molecular complexity index is 334. The summed E-state index contributed by atoms with van der Waals surface area (Å²) in [6, 6.07) is 8.83. The number of nitrogens with one attached hydrogen (secondary N) is 1. The Morgan fingerprint density at radius 1 is 1.29 bits per heavy atom. The first-order valence-corrected chi connectivity index (χ1v) is 6.20. The molecule has 1 aromatic rings. The van der Waals surface area contributed by atoms with E-state index in [-0.39, 0.29) is 0 Å². The third-order valence-electron chi connectivity index (χ3n) is 3.43. The molecule has 2 rings (SSSR count). The van der Waals surface area contributed by atoms with Crippen LogP contribution >= 0.6 is 0 Å². The van der Waals surface area contributed by atoms with Crippen LogP contribution in [0.25, 0.3) is 0 Å². The fourth-order valence-corrected chi connectivity index (χ4v) is 2.42. The molecule has 17 heavy (non-hydrogen) atoms. The van der Waals surface area contributed by atoms with Gasteiger partial charge < -0.3 is 20.1 Å². The van der Waals surface area contributed by atoms with E-state index in [4.69, 9.17) is 9.47 Å². The van der Waals surface area contributed by atoms with Gasteiger partial charge >= 0.3 is 0 Å². The lowest BCUT2D eigenvalue weighted by atomic mass is 10.0. The summed E-state index contributed by atoms with van der Waals surface area (Å²) >= 11 is 0. The van der Waals surface area contributed by atoms with Gasteiger partial charge in [0.1, 0.15) is 25.4 Å².